The zero-order valence-corrected chi connectivity index (χ0v) is 20.3. The van der Waals surface area contributed by atoms with Crippen molar-refractivity contribution in [1.82, 2.24) is 4.90 Å². The third-order valence-corrected chi connectivity index (χ3v) is 9.15. The van der Waals surface area contributed by atoms with Gasteiger partial charge >= 0.3 is 0 Å². The molecule has 0 radical (unpaired) electrons. The van der Waals surface area contributed by atoms with Gasteiger partial charge in [0.1, 0.15) is 6.17 Å². The van der Waals surface area contributed by atoms with Crippen LogP contribution in [0.25, 0.3) is 0 Å². The molecule has 0 N–H and O–H groups in total. The average molecular weight is 439 g/mol. The molecule has 2 nitrogen and oxygen atoms in total. The Kier molecular flexibility index (Phi) is 5.35. The molecule has 2 aromatic carbocycles. The van der Waals surface area contributed by atoms with Crippen LogP contribution in [0.3, 0.4) is 0 Å². The first-order valence-corrected chi connectivity index (χ1v) is 13.3. The highest BCUT2D eigenvalue weighted by Crippen LogP contribution is 2.59. The maximum Gasteiger partial charge on any atom is 0.133 e. The largest absolute Gasteiger partial charge is 0.336 e. The topological polar surface area (TPSA) is 6.48 Å². The number of aryl methyl sites for hydroxylation is 1. The quantitative estimate of drug-likeness (QED) is 0.475. The number of nitrogens with zero attached hydrogens (tertiary/aromatic N) is 2. The Morgan fingerprint density at radius 3 is 2.00 bits per heavy atom. The molecular weight excluding hydrogens is 400 g/mol. The van der Waals surface area contributed by atoms with Crippen LogP contribution in [-0.2, 0) is 0 Å². The van der Waals surface area contributed by atoms with Crippen molar-refractivity contribution in [3.05, 3.63) is 89.3 Å². The number of benzene rings is 2. The molecule has 2 fully saturated rings. The van der Waals surface area contributed by atoms with Gasteiger partial charge in [-0.15, -0.1) is 0 Å². The second kappa shape index (κ2) is 8.38. The van der Waals surface area contributed by atoms with Gasteiger partial charge in [-0.25, -0.2) is 0 Å². The fraction of sp³-hybridized carbons (Fsp3) is 0.484. The van der Waals surface area contributed by atoms with E-state index in [0.29, 0.717) is 0 Å². The molecule has 2 aliphatic carbocycles. The lowest BCUT2D eigenvalue weighted by molar-refractivity contribution is 0.0228. The Bertz CT molecular complexity index is 1060. The maximum atomic E-state index is 2.91. The monoisotopic (exact) mass is 438 g/mol. The highest BCUT2D eigenvalue weighted by Gasteiger charge is 2.57. The molecule has 2 aromatic rings. The van der Waals surface area contributed by atoms with Gasteiger partial charge < -0.3 is 9.80 Å². The van der Waals surface area contributed by atoms with Crippen LogP contribution in [0.1, 0.15) is 82.0 Å². The first-order chi connectivity index (χ1) is 16.2. The molecule has 2 heterocycles. The Morgan fingerprint density at radius 2 is 1.33 bits per heavy atom. The smallest absolute Gasteiger partial charge is 0.133 e. The summed E-state index contributed by atoms with van der Waals surface area (Å²) in [5, 5.41) is 0. The molecule has 33 heavy (non-hydrogen) atoms. The molecule has 0 saturated heterocycles. The zero-order valence-electron chi connectivity index (χ0n) is 20.3. The SMILES string of the molecule is CC1=C2C=CC(C3CCCCC3)(C3CCCC3)N2C(c2ccccc2)N1c1ccccc1C. The molecule has 2 heteroatoms. The highest BCUT2D eigenvalue weighted by atomic mass is 15.5. The third-order valence-electron chi connectivity index (χ3n) is 9.15. The molecule has 2 aliphatic heterocycles. The molecule has 2 saturated carbocycles. The van der Waals surface area contributed by atoms with Gasteiger partial charge in [-0.1, -0.05) is 86.7 Å². The summed E-state index contributed by atoms with van der Waals surface area (Å²) in [7, 11) is 0. The molecule has 6 rings (SSSR count). The van der Waals surface area contributed by atoms with Gasteiger partial charge in [0.2, 0.25) is 0 Å². The van der Waals surface area contributed by atoms with Crippen molar-refractivity contribution in [2.75, 3.05) is 4.90 Å². The van der Waals surface area contributed by atoms with E-state index in [1.807, 2.05) is 0 Å². The molecule has 2 atom stereocenters. The van der Waals surface area contributed by atoms with Crippen LogP contribution >= 0.6 is 0 Å². The number of hydrogen-bond acceptors (Lipinski definition) is 2. The van der Waals surface area contributed by atoms with Crippen LogP contribution in [0.2, 0.25) is 0 Å². The highest BCUT2D eigenvalue weighted by molar-refractivity contribution is 5.64. The number of allylic oxidation sites excluding steroid dienone is 2. The third kappa shape index (κ3) is 3.21. The van der Waals surface area contributed by atoms with E-state index < -0.39 is 0 Å². The molecule has 172 valence electrons. The van der Waals surface area contributed by atoms with E-state index >= 15 is 0 Å². The van der Waals surface area contributed by atoms with Crippen molar-refractivity contribution in [1.29, 1.82) is 0 Å². The number of para-hydroxylation sites is 1. The summed E-state index contributed by atoms with van der Waals surface area (Å²) in [5.41, 5.74) is 7.15. The average Bonchev–Trinajstić information content (AvgIpc) is 3.58. The standard InChI is InChI=1S/C31H38N2/c1-23-13-9-12-20-28(23)32-24(2)29-21-22-31(27-18-10-11-19-27,26-16-7-4-8-17-26)33(29)30(32)25-14-5-3-6-15-25/h3,5-6,9,12-15,20-22,26-27,30H,4,7-8,10-11,16-19H2,1-2H3. The van der Waals surface area contributed by atoms with Crippen molar-refractivity contribution in [2.24, 2.45) is 11.8 Å². The molecular formula is C31H38N2. The first kappa shape index (κ1) is 21.1. The maximum absolute atomic E-state index is 2.91. The van der Waals surface area contributed by atoms with Gasteiger partial charge in [0, 0.05) is 11.4 Å². The Morgan fingerprint density at radius 1 is 0.727 bits per heavy atom. The van der Waals surface area contributed by atoms with E-state index in [9.17, 15) is 0 Å². The van der Waals surface area contributed by atoms with E-state index in [-0.39, 0.29) is 11.7 Å². The van der Waals surface area contributed by atoms with E-state index in [2.05, 4.69) is 90.4 Å². The van der Waals surface area contributed by atoms with Gasteiger partial charge in [0.15, 0.2) is 0 Å². The lowest BCUT2D eigenvalue weighted by atomic mass is 9.67. The number of anilines is 1. The summed E-state index contributed by atoms with van der Waals surface area (Å²) in [6, 6.07) is 20.3. The molecule has 0 spiro atoms. The minimum Gasteiger partial charge on any atom is -0.336 e. The second-order valence-corrected chi connectivity index (χ2v) is 10.8. The summed E-state index contributed by atoms with van der Waals surface area (Å²) in [4.78, 5) is 5.56. The molecule has 0 aromatic heterocycles. The molecule has 0 amide bonds. The molecule has 2 unspecified atom stereocenters. The lowest BCUT2D eigenvalue weighted by Crippen LogP contribution is -2.56. The lowest BCUT2D eigenvalue weighted by Gasteiger charge is -2.53. The summed E-state index contributed by atoms with van der Waals surface area (Å²) in [6.07, 6.45) is 18.0. The summed E-state index contributed by atoms with van der Waals surface area (Å²) in [5.74, 6) is 1.53. The van der Waals surface area contributed by atoms with Gasteiger partial charge in [0.25, 0.3) is 0 Å². The normalized spacial score (nSPS) is 28.2. The van der Waals surface area contributed by atoms with Crippen LogP contribution in [-0.4, -0.2) is 10.4 Å². The van der Waals surface area contributed by atoms with Crippen molar-refractivity contribution in [3.8, 4) is 0 Å². The van der Waals surface area contributed by atoms with Gasteiger partial charge in [-0.2, -0.15) is 0 Å². The predicted octanol–water partition coefficient (Wildman–Crippen LogP) is 8.13. The van der Waals surface area contributed by atoms with E-state index in [1.54, 1.807) is 0 Å². The number of rotatable bonds is 4. The number of hydrogen-bond donors (Lipinski definition) is 0. The van der Waals surface area contributed by atoms with E-state index in [0.717, 1.165) is 11.8 Å². The summed E-state index contributed by atoms with van der Waals surface area (Å²) >= 11 is 0. The van der Waals surface area contributed by atoms with Crippen molar-refractivity contribution in [2.45, 2.75) is 83.3 Å². The van der Waals surface area contributed by atoms with E-state index in [4.69, 9.17) is 0 Å². The van der Waals surface area contributed by atoms with Crippen LogP contribution in [0, 0.1) is 18.8 Å². The Labute approximate surface area is 200 Å². The molecule has 4 aliphatic rings. The fourth-order valence-electron chi connectivity index (χ4n) is 7.66. The number of fused-ring (bicyclic) bond motifs is 1. The first-order valence-electron chi connectivity index (χ1n) is 13.3. The van der Waals surface area contributed by atoms with Crippen LogP contribution < -0.4 is 4.90 Å². The van der Waals surface area contributed by atoms with Crippen LogP contribution in [0.15, 0.2) is 78.1 Å². The fourth-order valence-corrected chi connectivity index (χ4v) is 7.66. The van der Waals surface area contributed by atoms with Gasteiger partial charge in [-0.05, 0) is 74.6 Å². The summed E-state index contributed by atoms with van der Waals surface area (Å²) in [6.45, 7) is 4.62. The second-order valence-electron chi connectivity index (χ2n) is 10.8. The molecule has 0 bridgehead atoms. The zero-order chi connectivity index (χ0) is 22.4. The van der Waals surface area contributed by atoms with Crippen LogP contribution in [0.5, 0.6) is 0 Å². The Balaban J connectivity index is 1.55. The Hall–Kier alpha value is -2.48. The minimum atomic E-state index is 0.158. The van der Waals surface area contributed by atoms with Crippen molar-refractivity contribution in [3.63, 3.8) is 0 Å². The predicted molar refractivity (Wildman–Crippen MR) is 138 cm³/mol. The van der Waals surface area contributed by atoms with Crippen molar-refractivity contribution >= 4 is 5.69 Å². The minimum absolute atomic E-state index is 0.158. The van der Waals surface area contributed by atoms with E-state index in [1.165, 1.54) is 86.0 Å². The van der Waals surface area contributed by atoms with Crippen LogP contribution in [0.4, 0.5) is 5.69 Å². The van der Waals surface area contributed by atoms with Crippen molar-refractivity contribution < 1.29 is 0 Å². The summed E-state index contributed by atoms with van der Waals surface area (Å²) < 4.78 is 0. The van der Waals surface area contributed by atoms with Gasteiger partial charge in [-0.3, -0.25) is 0 Å². The van der Waals surface area contributed by atoms with Gasteiger partial charge in [0.05, 0.1) is 11.2 Å².